The Morgan fingerprint density at radius 1 is 0.645 bits per heavy atom. The molecule has 0 fully saturated rings. The third-order valence-corrected chi connectivity index (χ3v) is 6.00. The highest BCUT2D eigenvalue weighted by Crippen LogP contribution is 2.16. The van der Waals surface area contributed by atoms with Crippen molar-refractivity contribution < 1.29 is 0 Å². The van der Waals surface area contributed by atoms with Crippen molar-refractivity contribution in [3.63, 3.8) is 0 Å². The second-order valence-corrected chi connectivity index (χ2v) is 8.37. The molecule has 2 heterocycles. The lowest BCUT2D eigenvalue weighted by Crippen LogP contribution is -2.13. The van der Waals surface area contributed by atoms with Gasteiger partial charge in [0.25, 0.3) is 0 Å². The van der Waals surface area contributed by atoms with E-state index < -0.39 is 0 Å². The van der Waals surface area contributed by atoms with Crippen molar-refractivity contribution >= 4 is 24.4 Å². The zero-order valence-corrected chi connectivity index (χ0v) is 19.4. The third kappa shape index (κ3) is 4.60. The van der Waals surface area contributed by atoms with E-state index in [0.717, 1.165) is 43.7 Å². The fourth-order valence-corrected chi connectivity index (χ4v) is 4.29. The van der Waals surface area contributed by atoms with Crippen LogP contribution in [0.4, 0.5) is 0 Å². The molecule has 4 rings (SSSR count). The van der Waals surface area contributed by atoms with Gasteiger partial charge >= 0.3 is 0 Å². The highest BCUT2D eigenvalue weighted by atomic mass is 32.1. The predicted molar refractivity (Wildman–Crippen MR) is 128 cm³/mol. The monoisotopic (exact) mass is 450 g/mol. The van der Waals surface area contributed by atoms with Crippen molar-refractivity contribution in [3.05, 3.63) is 81.9 Å². The Bertz CT molecular complexity index is 1190. The number of aromatic nitrogens is 6. The lowest BCUT2D eigenvalue weighted by molar-refractivity contribution is 0.464. The quantitative estimate of drug-likeness (QED) is 0.259. The van der Waals surface area contributed by atoms with E-state index in [9.17, 15) is 0 Å². The van der Waals surface area contributed by atoms with Gasteiger partial charge in [0.1, 0.15) is 12.7 Å². The van der Waals surface area contributed by atoms with Crippen molar-refractivity contribution in [3.8, 4) is 11.4 Å². The maximum absolute atomic E-state index is 5.46. The van der Waals surface area contributed by atoms with Gasteiger partial charge < -0.3 is 0 Å². The maximum atomic E-state index is 5.46. The van der Waals surface area contributed by atoms with E-state index in [1.54, 1.807) is 0 Å². The first-order chi connectivity index (χ1) is 15.1. The van der Waals surface area contributed by atoms with Crippen LogP contribution in [-0.2, 0) is 13.1 Å². The highest BCUT2D eigenvalue weighted by molar-refractivity contribution is 7.71. The third-order valence-electron chi connectivity index (χ3n) is 5.44. The summed E-state index contributed by atoms with van der Waals surface area (Å²) in [6.45, 7) is 5.92. The molecule has 0 amide bonds. The van der Waals surface area contributed by atoms with Crippen LogP contribution in [0, 0.1) is 23.4 Å². The van der Waals surface area contributed by atoms with Gasteiger partial charge in [0.05, 0.1) is 11.4 Å². The SMILES string of the molecule is Cc1ccccc1-n1c(=S)ncn1CCCCCn1cnc(=S)n1-c1ccccc1C. The standard InChI is InChI=1S/C23H26N6S2/c1-18-10-4-6-12-20(18)28-22(30)24-16-26(28)14-8-3-9-15-27-17-25-23(31)29(27)21-13-7-5-11-19(21)2/h4-7,10-13,16-17H,3,8-9,14-15H2,1-2H3. The Morgan fingerprint density at radius 3 is 1.48 bits per heavy atom. The largest absolute Gasteiger partial charge is 0.268 e. The molecule has 6 nitrogen and oxygen atoms in total. The van der Waals surface area contributed by atoms with Gasteiger partial charge in [-0.2, -0.15) is 0 Å². The van der Waals surface area contributed by atoms with Gasteiger partial charge in [0.15, 0.2) is 0 Å². The van der Waals surface area contributed by atoms with Crippen molar-refractivity contribution in [2.24, 2.45) is 0 Å². The molecule has 0 saturated heterocycles. The van der Waals surface area contributed by atoms with Crippen LogP contribution in [0.25, 0.3) is 11.4 Å². The zero-order chi connectivity index (χ0) is 21.8. The number of benzene rings is 2. The summed E-state index contributed by atoms with van der Waals surface area (Å²) in [4.78, 5) is 8.70. The summed E-state index contributed by atoms with van der Waals surface area (Å²) in [7, 11) is 0. The van der Waals surface area contributed by atoms with Crippen LogP contribution in [0.2, 0.25) is 0 Å². The Hall–Kier alpha value is -2.84. The van der Waals surface area contributed by atoms with E-state index in [2.05, 4.69) is 57.4 Å². The van der Waals surface area contributed by atoms with E-state index in [1.807, 2.05) is 46.3 Å². The molecule has 0 bridgehead atoms. The fourth-order valence-electron chi connectivity index (χ4n) is 3.79. The van der Waals surface area contributed by atoms with Gasteiger partial charge in [0, 0.05) is 13.1 Å². The predicted octanol–water partition coefficient (Wildman–Crippen LogP) is 5.61. The minimum atomic E-state index is 0.588. The lowest BCUT2D eigenvalue weighted by atomic mass is 10.2. The molecule has 0 spiro atoms. The van der Waals surface area contributed by atoms with Crippen LogP contribution >= 0.6 is 24.4 Å². The molecule has 0 saturated carbocycles. The summed E-state index contributed by atoms with van der Waals surface area (Å²) in [5, 5.41) is 0. The lowest BCUT2D eigenvalue weighted by Gasteiger charge is -2.14. The summed E-state index contributed by atoms with van der Waals surface area (Å²) in [6.07, 6.45) is 6.82. The highest BCUT2D eigenvalue weighted by Gasteiger charge is 2.09. The van der Waals surface area contributed by atoms with E-state index in [0.29, 0.717) is 9.54 Å². The van der Waals surface area contributed by atoms with Crippen LogP contribution in [0.5, 0.6) is 0 Å². The van der Waals surface area contributed by atoms with Crippen LogP contribution in [0.1, 0.15) is 30.4 Å². The Morgan fingerprint density at radius 2 is 1.06 bits per heavy atom. The van der Waals surface area contributed by atoms with Gasteiger partial charge in [-0.15, -0.1) is 0 Å². The number of unbranched alkanes of at least 4 members (excludes halogenated alkanes) is 2. The molecular formula is C23H26N6S2. The summed E-state index contributed by atoms with van der Waals surface area (Å²) in [5.41, 5.74) is 4.53. The molecule has 2 aromatic heterocycles. The van der Waals surface area contributed by atoms with Gasteiger partial charge in [-0.05, 0) is 80.8 Å². The number of aryl methyl sites for hydroxylation is 4. The summed E-state index contributed by atoms with van der Waals surface area (Å²) in [6, 6.07) is 16.5. The van der Waals surface area contributed by atoms with Crippen molar-refractivity contribution in [1.29, 1.82) is 0 Å². The summed E-state index contributed by atoms with van der Waals surface area (Å²) >= 11 is 10.9. The van der Waals surface area contributed by atoms with E-state index >= 15 is 0 Å². The average Bonchev–Trinajstić information content (AvgIpc) is 3.31. The molecule has 8 heteroatoms. The number of nitrogens with zero attached hydrogens (tertiary/aromatic N) is 6. The molecular weight excluding hydrogens is 424 g/mol. The normalized spacial score (nSPS) is 11.2. The first-order valence-electron chi connectivity index (χ1n) is 10.5. The number of hydrogen-bond donors (Lipinski definition) is 0. The molecule has 2 aromatic carbocycles. The fraction of sp³-hybridized carbons (Fsp3) is 0.304. The average molecular weight is 451 g/mol. The molecule has 0 atom stereocenters. The first-order valence-corrected chi connectivity index (χ1v) is 11.3. The molecule has 0 aliphatic heterocycles. The minimum absolute atomic E-state index is 0.588. The molecule has 0 unspecified atom stereocenters. The molecule has 31 heavy (non-hydrogen) atoms. The first kappa shape index (κ1) is 21.4. The molecule has 0 aliphatic rings. The number of para-hydroxylation sites is 2. The van der Waals surface area contributed by atoms with E-state index in [4.69, 9.17) is 24.4 Å². The van der Waals surface area contributed by atoms with Gasteiger partial charge in [-0.3, -0.25) is 9.36 Å². The smallest absolute Gasteiger partial charge is 0.220 e. The molecule has 4 aromatic rings. The van der Waals surface area contributed by atoms with Gasteiger partial charge in [-0.25, -0.2) is 19.3 Å². The van der Waals surface area contributed by atoms with Crippen molar-refractivity contribution in [2.75, 3.05) is 0 Å². The second kappa shape index (κ2) is 9.53. The van der Waals surface area contributed by atoms with Crippen LogP contribution in [0.15, 0.2) is 61.2 Å². The molecule has 160 valence electrons. The molecule has 0 radical (unpaired) electrons. The van der Waals surface area contributed by atoms with Crippen LogP contribution in [-0.4, -0.2) is 28.7 Å². The minimum Gasteiger partial charge on any atom is -0.268 e. The number of hydrogen-bond acceptors (Lipinski definition) is 4. The Kier molecular flexibility index (Phi) is 6.58. The van der Waals surface area contributed by atoms with Gasteiger partial charge in [0.2, 0.25) is 9.54 Å². The van der Waals surface area contributed by atoms with Crippen molar-refractivity contribution in [2.45, 2.75) is 46.2 Å². The second-order valence-electron chi connectivity index (χ2n) is 7.64. The molecule has 0 aliphatic carbocycles. The maximum Gasteiger partial charge on any atom is 0.220 e. The van der Waals surface area contributed by atoms with Gasteiger partial charge in [-0.1, -0.05) is 36.4 Å². The van der Waals surface area contributed by atoms with Crippen molar-refractivity contribution in [1.82, 2.24) is 28.7 Å². The zero-order valence-electron chi connectivity index (χ0n) is 17.8. The summed E-state index contributed by atoms with van der Waals surface area (Å²) < 4.78 is 9.44. The van der Waals surface area contributed by atoms with Crippen LogP contribution in [0.3, 0.4) is 0 Å². The topological polar surface area (TPSA) is 45.5 Å². The Balaban J connectivity index is 1.39. The number of rotatable bonds is 8. The van der Waals surface area contributed by atoms with Crippen LogP contribution < -0.4 is 0 Å². The van der Waals surface area contributed by atoms with E-state index in [-0.39, 0.29) is 0 Å². The summed E-state index contributed by atoms with van der Waals surface area (Å²) in [5.74, 6) is 0. The molecule has 0 N–H and O–H groups in total. The van der Waals surface area contributed by atoms with E-state index in [1.165, 1.54) is 11.1 Å². The Labute approximate surface area is 192 Å².